The van der Waals surface area contributed by atoms with Gasteiger partial charge < -0.3 is 15.0 Å². The van der Waals surface area contributed by atoms with Gasteiger partial charge in [0, 0.05) is 49.5 Å². The lowest BCUT2D eigenvalue weighted by Gasteiger charge is -2.32. The third-order valence-electron chi connectivity index (χ3n) is 5.67. The summed E-state index contributed by atoms with van der Waals surface area (Å²) in [5, 5.41) is 4.37. The summed E-state index contributed by atoms with van der Waals surface area (Å²) in [6.07, 6.45) is 0. The normalized spacial score (nSPS) is 15.8. The molecule has 31 heavy (non-hydrogen) atoms. The van der Waals surface area contributed by atoms with Crippen molar-refractivity contribution in [1.82, 2.24) is 14.2 Å². The van der Waals surface area contributed by atoms with E-state index in [1.807, 2.05) is 50.4 Å². The average Bonchev–Trinajstić information content (AvgIpc) is 2.77. The van der Waals surface area contributed by atoms with Crippen LogP contribution < -0.4 is 10.1 Å². The van der Waals surface area contributed by atoms with Crippen LogP contribution in [0.15, 0.2) is 53.4 Å². The molecular formula is C23H28N4O3S. The second-order valence-electron chi connectivity index (χ2n) is 7.84. The third kappa shape index (κ3) is 4.37. The molecule has 0 unspecified atom stereocenters. The average molecular weight is 441 g/mol. The fourth-order valence-electron chi connectivity index (χ4n) is 3.92. The van der Waals surface area contributed by atoms with Gasteiger partial charge in [0.15, 0.2) is 0 Å². The number of likely N-dealkylation sites (N-methyl/N-ethyl adjacent to an activating group) is 1. The minimum absolute atomic E-state index is 0.361. The molecule has 1 N–H and O–H groups in total. The van der Waals surface area contributed by atoms with E-state index in [1.54, 1.807) is 23.5 Å². The maximum atomic E-state index is 13.3. The number of nitrogens with one attached hydrogen (secondary N) is 1. The Labute approximate surface area is 183 Å². The summed E-state index contributed by atoms with van der Waals surface area (Å²) in [6, 6.07) is 15.0. The zero-order valence-electron chi connectivity index (χ0n) is 18.1. The summed E-state index contributed by atoms with van der Waals surface area (Å²) in [5.41, 5.74) is 3.28. The van der Waals surface area contributed by atoms with Gasteiger partial charge in [-0.3, -0.25) is 0 Å². The van der Waals surface area contributed by atoms with E-state index in [-0.39, 0.29) is 0 Å². The second-order valence-corrected chi connectivity index (χ2v) is 9.74. The summed E-state index contributed by atoms with van der Waals surface area (Å²) in [6.45, 7) is 4.82. The summed E-state index contributed by atoms with van der Waals surface area (Å²) in [5.74, 6) is 0.710. The van der Waals surface area contributed by atoms with E-state index in [4.69, 9.17) is 4.74 Å². The number of aromatic nitrogens is 1. The van der Waals surface area contributed by atoms with Crippen molar-refractivity contribution in [3.63, 3.8) is 0 Å². The van der Waals surface area contributed by atoms with Gasteiger partial charge in [0.1, 0.15) is 11.3 Å². The number of hydrogen-bond donors (Lipinski definition) is 1. The molecule has 0 bridgehead atoms. The molecule has 1 aliphatic rings. The first-order valence-corrected chi connectivity index (χ1v) is 11.8. The molecule has 1 aliphatic heterocycles. The number of methoxy groups -OCH3 is 1. The maximum absolute atomic E-state index is 13.3. The summed E-state index contributed by atoms with van der Waals surface area (Å²) in [4.78, 5) is 7.12. The standard InChI is InChI=1S/C23H28N4O3S/c1-17-15-20(19-8-6-9-21(30-3)23(19)25-17)24-16-18-7-4-5-10-22(18)31(28,29)27-13-11-26(2)12-14-27/h4-10,15H,11-14,16H2,1-3H3,(H,24,25). The number of nitrogens with zero attached hydrogens (tertiary/aromatic N) is 3. The van der Waals surface area contributed by atoms with Crippen LogP contribution >= 0.6 is 0 Å². The predicted octanol–water partition coefficient (Wildman–Crippen LogP) is 3.10. The molecule has 4 rings (SSSR count). The molecule has 0 radical (unpaired) electrons. The molecule has 2 heterocycles. The second kappa shape index (κ2) is 8.82. The number of anilines is 1. The zero-order chi connectivity index (χ0) is 22.0. The monoisotopic (exact) mass is 440 g/mol. The van der Waals surface area contributed by atoms with Gasteiger partial charge in [-0.05, 0) is 37.7 Å². The Bertz CT molecular complexity index is 1190. The van der Waals surface area contributed by atoms with Crippen LogP contribution in [0.5, 0.6) is 5.75 Å². The van der Waals surface area contributed by atoms with Gasteiger partial charge in [0.25, 0.3) is 0 Å². The number of piperazine rings is 1. The highest BCUT2D eigenvalue weighted by Gasteiger charge is 2.29. The van der Waals surface area contributed by atoms with E-state index in [9.17, 15) is 8.42 Å². The van der Waals surface area contributed by atoms with Gasteiger partial charge in [-0.25, -0.2) is 13.4 Å². The molecule has 0 atom stereocenters. The molecule has 3 aromatic rings. The first-order chi connectivity index (χ1) is 14.9. The Morgan fingerprint density at radius 3 is 2.55 bits per heavy atom. The van der Waals surface area contributed by atoms with Crippen molar-refractivity contribution in [2.75, 3.05) is 45.7 Å². The van der Waals surface area contributed by atoms with Gasteiger partial charge in [-0.15, -0.1) is 0 Å². The van der Waals surface area contributed by atoms with E-state index < -0.39 is 10.0 Å². The molecule has 8 heteroatoms. The lowest BCUT2D eigenvalue weighted by Crippen LogP contribution is -2.47. The van der Waals surface area contributed by atoms with Crippen LogP contribution in [0.3, 0.4) is 0 Å². The van der Waals surface area contributed by atoms with Crippen molar-refractivity contribution >= 4 is 26.6 Å². The van der Waals surface area contributed by atoms with Crippen LogP contribution in [-0.4, -0.2) is 62.9 Å². The highest BCUT2D eigenvalue weighted by molar-refractivity contribution is 7.89. The molecule has 1 aromatic heterocycles. The van der Waals surface area contributed by atoms with E-state index in [0.717, 1.165) is 40.9 Å². The minimum Gasteiger partial charge on any atom is -0.494 e. The van der Waals surface area contributed by atoms with E-state index in [2.05, 4.69) is 15.2 Å². The number of sulfonamides is 1. The lowest BCUT2D eigenvalue weighted by molar-refractivity contribution is 0.222. The molecule has 2 aromatic carbocycles. The molecule has 0 spiro atoms. The highest BCUT2D eigenvalue weighted by Crippen LogP contribution is 2.31. The summed E-state index contributed by atoms with van der Waals surface area (Å²) < 4.78 is 33.7. The summed E-state index contributed by atoms with van der Waals surface area (Å²) in [7, 11) is 0.0945. The van der Waals surface area contributed by atoms with Crippen molar-refractivity contribution in [2.45, 2.75) is 18.4 Å². The summed E-state index contributed by atoms with van der Waals surface area (Å²) >= 11 is 0. The van der Waals surface area contributed by atoms with Crippen molar-refractivity contribution in [3.05, 3.63) is 59.8 Å². The van der Waals surface area contributed by atoms with Gasteiger partial charge in [-0.2, -0.15) is 4.31 Å². The first-order valence-electron chi connectivity index (χ1n) is 10.3. The fraction of sp³-hybridized carbons (Fsp3) is 0.348. The highest BCUT2D eigenvalue weighted by atomic mass is 32.2. The molecule has 7 nitrogen and oxygen atoms in total. The Hall–Kier alpha value is -2.68. The molecule has 1 saturated heterocycles. The van der Waals surface area contributed by atoms with E-state index in [1.165, 1.54) is 0 Å². The molecule has 0 amide bonds. The Balaban J connectivity index is 1.64. The van der Waals surface area contributed by atoms with Crippen molar-refractivity contribution in [2.24, 2.45) is 0 Å². The van der Waals surface area contributed by atoms with Crippen LogP contribution in [0.2, 0.25) is 0 Å². The van der Waals surface area contributed by atoms with Crippen LogP contribution in [-0.2, 0) is 16.6 Å². The van der Waals surface area contributed by atoms with Crippen molar-refractivity contribution < 1.29 is 13.2 Å². The Kier molecular flexibility index (Phi) is 6.13. The van der Waals surface area contributed by atoms with Gasteiger partial charge in [0.2, 0.25) is 10.0 Å². The number of aryl methyl sites for hydroxylation is 1. The number of rotatable bonds is 6. The quantitative estimate of drug-likeness (QED) is 0.635. The molecule has 0 saturated carbocycles. The molecule has 1 fully saturated rings. The number of hydrogen-bond acceptors (Lipinski definition) is 6. The van der Waals surface area contributed by atoms with Crippen LogP contribution in [0.4, 0.5) is 5.69 Å². The van der Waals surface area contributed by atoms with Gasteiger partial charge >= 0.3 is 0 Å². The van der Waals surface area contributed by atoms with E-state index in [0.29, 0.717) is 30.3 Å². The minimum atomic E-state index is -3.55. The number of para-hydroxylation sites is 1. The van der Waals surface area contributed by atoms with Crippen LogP contribution in [0.1, 0.15) is 11.3 Å². The first kappa shape index (κ1) is 21.5. The number of ether oxygens (including phenoxy) is 1. The molecule has 164 valence electrons. The third-order valence-corrected chi connectivity index (χ3v) is 7.67. The van der Waals surface area contributed by atoms with E-state index >= 15 is 0 Å². The Morgan fingerprint density at radius 1 is 1.06 bits per heavy atom. The Morgan fingerprint density at radius 2 is 1.81 bits per heavy atom. The zero-order valence-corrected chi connectivity index (χ0v) is 18.9. The van der Waals surface area contributed by atoms with Crippen LogP contribution in [0, 0.1) is 6.92 Å². The number of fused-ring (bicyclic) bond motifs is 1. The number of benzene rings is 2. The van der Waals surface area contributed by atoms with Gasteiger partial charge in [-0.1, -0.05) is 30.3 Å². The van der Waals surface area contributed by atoms with Crippen LogP contribution in [0.25, 0.3) is 10.9 Å². The van der Waals surface area contributed by atoms with Gasteiger partial charge in [0.05, 0.1) is 12.0 Å². The van der Waals surface area contributed by atoms with Crippen molar-refractivity contribution in [1.29, 1.82) is 0 Å². The number of pyridine rings is 1. The SMILES string of the molecule is COc1cccc2c(NCc3ccccc3S(=O)(=O)N3CCN(C)CC3)cc(C)nc12. The fourth-order valence-corrected chi connectivity index (χ4v) is 5.57. The molecular weight excluding hydrogens is 412 g/mol. The maximum Gasteiger partial charge on any atom is 0.243 e. The largest absolute Gasteiger partial charge is 0.494 e. The van der Waals surface area contributed by atoms with Crippen molar-refractivity contribution in [3.8, 4) is 5.75 Å². The smallest absolute Gasteiger partial charge is 0.243 e. The lowest BCUT2D eigenvalue weighted by atomic mass is 10.1. The topological polar surface area (TPSA) is 74.8 Å². The predicted molar refractivity (Wildman–Crippen MR) is 123 cm³/mol. The molecule has 0 aliphatic carbocycles.